The van der Waals surface area contributed by atoms with Crippen molar-refractivity contribution in [1.29, 1.82) is 0 Å². The van der Waals surface area contributed by atoms with Crippen molar-refractivity contribution in [2.75, 3.05) is 13.2 Å². The highest BCUT2D eigenvalue weighted by atomic mass is 79.9. The standard InChI is InChI=1S/C13H15BrClNO2/c14-10-6-9(7-11(15)8-10)13(18)16(4-5-17)12-2-1-3-12/h6-8,12,17H,1-5H2. The summed E-state index contributed by atoms with van der Waals surface area (Å²) < 4.78 is 0.788. The lowest BCUT2D eigenvalue weighted by molar-refractivity contribution is 0.0525. The number of rotatable bonds is 4. The smallest absolute Gasteiger partial charge is 0.254 e. The molecule has 0 spiro atoms. The number of hydrogen-bond acceptors (Lipinski definition) is 2. The molecule has 0 unspecified atom stereocenters. The lowest BCUT2D eigenvalue weighted by atomic mass is 9.91. The lowest BCUT2D eigenvalue weighted by Gasteiger charge is -2.37. The molecular formula is C13H15BrClNO2. The molecule has 0 bridgehead atoms. The average Bonchev–Trinajstić information content (AvgIpc) is 2.23. The molecule has 0 saturated heterocycles. The highest BCUT2D eigenvalue weighted by Gasteiger charge is 2.29. The summed E-state index contributed by atoms with van der Waals surface area (Å²) in [6.07, 6.45) is 3.19. The van der Waals surface area contributed by atoms with Crippen molar-refractivity contribution in [2.24, 2.45) is 0 Å². The van der Waals surface area contributed by atoms with Crippen LogP contribution in [0.4, 0.5) is 0 Å². The molecule has 0 atom stereocenters. The molecule has 0 aromatic heterocycles. The van der Waals surface area contributed by atoms with E-state index in [1.807, 2.05) is 0 Å². The fourth-order valence-electron chi connectivity index (χ4n) is 2.10. The van der Waals surface area contributed by atoms with Gasteiger partial charge in [0, 0.05) is 27.6 Å². The summed E-state index contributed by atoms with van der Waals surface area (Å²) >= 11 is 9.29. The van der Waals surface area contributed by atoms with Crippen LogP contribution in [-0.2, 0) is 0 Å². The number of carbonyl (C=O) groups is 1. The van der Waals surface area contributed by atoms with Crippen LogP contribution in [0.25, 0.3) is 0 Å². The molecule has 1 amide bonds. The molecule has 1 aromatic rings. The molecule has 1 fully saturated rings. The monoisotopic (exact) mass is 331 g/mol. The van der Waals surface area contributed by atoms with Crippen LogP contribution in [0.2, 0.25) is 5.02 Å². The van der Waals surface area contributed by atoms with Gasteiger partial charge in [0.25, 0.3) is 5.91 Å². The van der Waals surface area contributed by atoms with Crippen molar-refractivity contribution in [1.82, 2.24) is 4.90 Å². The minimum atomic E-state index is -0.0584. The number of benzene rings is 1. The zero-order valence-corrected chi connectivity index (χ0v) is 12.2. The fraction of sp³-hybridized carbons (Fsp3) is 0.462. The summed E-state index contributed by atoms with van der Waals surface area (Å²) in [5, 5.41) is 9.61. The number of aliphatic hydroxyl groups is 1. The van der Waals surface area contributed by atoms with Crippen molar-refractivity contribution in [3.8, 4) is 0 Å². The summed E-state index contributed by atoms with van der Waals surface area (Å²) in [7, 11) is 0. The van der Waals surface area contributed by atoms with Crippen LogP contribution in [0.1, 0.15) is 29.6 Å². The van der Waals surface area contributed by atoms with E-state index in [9.17, 15) is 4.79 Å². The second-order valence-corrected chi connectivity index (χ2v) is 5.82. The minimum Gasteiger partial charge on any atom is -0.395 e. The Hall–Kier alpha value is -0.580. The molecule has 5 heteroatoms. The maximum atomic E-state index is 12.4. The molecule has 0 heterocycles. The van der Waals surface area contributed by atoms with Gasteiger partial charge in [0.2, 0.25) is 0 Å². The molecule has 3 nitrogen and oxygen atoms in total. The predicted molar refractivity (Wildman–Crippen MR) is 74.9 cm³/mol. The maximum Gasteiger partial charge on any atom is 0.254 e. The van der Waals surface area contributed by atoms with Crippen molar-refractivity contribution >= 4 is 33.4 Å². The van der Waals surface area contributed by atoms with Crippen molar-refractivity contribution in [3.05, 3.63) is 33.3 Å². The van der Waals surface area contributed by atoms with Crippen molar-refractivity contribution in [3.63, 3.8) is 0 Å². The largest absolute Gasteiger partial charge is 0.395 e. The van der Waals surface area contributed by atoms with E-state index in [-0.39, 0.29) is 18.6 Å². The molecule has 1 aliphatic carbocycles. The summed E-state index contributed by atoms with van der Waals surface area (Å²) in [5.74, 6) is -0.0584. The van der Waals surface area contributed by atoms with E-state index < -0.39 is 0 Å². The van der Waals surface area contributed by atoms with Crippen LogP contribution < -0.4 is 0 Å². The van der Waals surface area contributed by atoms with Crippen LogP contribution in [-0.4, -0.2) is 35.1 Å². The quantitative estimate of drug-likeness (QED) is 0.920. The van der Waals surface area contributed by atoms with Gasteiger partial charge in [0.15, 0.2) is 0 Å². The van der Waals surface area contributed by atoms with Gasteiger partial charge in [0.1, 0.15) is 0 Å². The number of hydrogen-bond donors (Lipinski definition) is 1. The van der Waals surface area contributed by atoms with Gasteiger partial charge >= 0.3 is 0 Å². The van der Waals surface area contributed by atoms with E-state index in [0.717, 1.165) is 23.7 Å². The van der Waals surface area contributed by atoms with Gasteiger partial charge in [-0.15, -0.1) is 0 Å². The minimum absolute atomic E-state index is 0.00995. The second-order valence-electron chi connectivity index (χ2n) is 4.47. The zero-order valence-electron chi connectivity index (χ0n) is 9.90. The summed E-state index contributed by atoms with van der Waals surface area (Å²) in [5.41, 5.74) is 0.565. The number of aliphatic hydroxyl groups excluding tert-OH is 1. The van der Waals surface area contributed by atoms with Crippen LogP contribution in [0, 0.1) is 0 Å². The Labute approximate surface area is 120 Å². The number of carbonyl (C=O) groups excluding carboxylic acids is 1. The van der Waals surface area contributed by atoms with Crippen molar-refractivity contribution in [2.45, 2.75) is 25.3 Å². The van der Waals surface area contributed by atoms with Gasteiger partial charge in [-0.05, 0) is 37.5 Å². The molecule has 1 N–H and O–H groups in total. The van der Waals surface area contributed by atoms with Crippen LogP contribution >= 0.6 is 27.5 Å². The van der Waals surface area contributed by atoms with E-state index >= 15 is 0 Å². The van der Waals surface area contributed by atoms with Gasteiger partial charge in [-0.1, -0.05) is 27.5 Å². The van der Waals surface area contributed by atoms with E-state index in [2.05, 4.69) is 15.9 Å². The Morgan fingerprint density at radius 3 is 2.67 bits per heavy atom. The average molecular weight is 333 g/mol. The Morgan fingerprint density at radius 2 is 2.17 bits per heavy atom. The third kappa shape index (κ3) is 3.05. The molecule has 1 saturated carbocycles. The summed E-state index contributed by atoms with van der Waals surface area (Å²) in [6, 6.07) is 5.44. The SMILES string of the molecule is O=C(c1cc(Cl)cc(Br)c1)N(CCO)C1CCC1. The van der Waals surface area contributed by atoms with E-state index in [1.165, 1.54) is 0 Å². The Bertz CT molecular complexity index is 428. The van der Waals surface area contributed by atoms with Gasteiger partial charge in [-0.2, -0.15) is 0 Å². The highest BCUT2D eigenvalue weighted by Crippen LogP contribution is 2.27. The van der Waals surface area contributed by atoms with Gasteiger partial charge in [-0.25, -0.2) is 0 Å². The first-order valence-electron chi connectivity index (χ1n) is 5.99. The molecular weight excluding hydrogens is 318 g/mol. The highest BCUT2D eigenvalue weighted by molar-refractivity contribution is 9.10. The summed E-state index contributed by atoms with van der Waals surface area (Å²) in [4.78, 5) is 14.2. The molecule has 1 aliphatic rings. The van der Waals surface area contributed by atoms with Crippen molar-refractivity contribution < 1.29 is 9.90 Å². The molecule has 18 heavy (non-hydrogen) atoms. The Morgan fingerprint density at radius 1 is 1.44 bits per heavy atom. The number of nitrogens with zero attached hydrogens (tertiary/aromatic N) is 1. The first-order valence-corrected chi connectivity index (χ1v) is 7.17. The maximum absolute atomic E-state index is 12.4. The van der Waals surface area contributed by atoms with Crippen LogP contribution in [0.3, 0.4) is 0 Å². The topological polar surface area (TPSA) is 40.5 Å². The fourth-order valence-corrected chi connectivity index (χ4v) is 2.96. The molecule has 0 radical (unpaired) electrons. The Kier molecular flexibility index (Phi) is 4.65. The van der Waals surface area contributed by atoms with E-state index in [4.69, 9.17) is 16.7 Å². The van der Waals surface area contributed by atoms with Gasteiger partial charge in [-0.3, -0.25) is 4.79 Å². The number of halogens is 2. The third-order valence-corrected chi connectivity index (χ3v) is 3.90. The number of amides is 1. The van der Waals surface area contributed by atoms with Gasteiger partial charge in [0.05, 0.1) is 6.61 Å². The first kappa shape index (κ1) is 13.8. The second kappa shape index (κ2) is 6.04. The predicted octanol–water partition coefficient (Wildman–Crippen LogP) is 3.09. The lowest BCUT2D eigenvalue weighted by Crippen LogP contribution is -2.45. The van der Waals surface area contributed by atoms with E-state index in [1.54, 1.807) is 23.1 Å². The normalized spacial score (nSPS) is 15.3. The first-order chi connectivity index (χ1) is 8.61. The third-order valence-electron chi connectivity index (χ3n) is 3.23. The molecule has 0 aliphatic heterocycles. The molecule has 1 aromatic carbocycles. The Balaban J connectivity index is 2.21. The molecule has 2 rings (SSSR count). The summed E-state index contributed by atoms with van der Waals surface area (Å²) in [6.45, 7) is 0.373. The molecule has 98 valence electrons. The van der Waals surface area contributed by atoms with Crippen LogP contribution in [0.15, 0.2) is 22.7 Å². The van der Waals surface area contributed by atoms with Gasteiger partial charge < -0.3 is 10.0 Å². The van der Waals surface area contributed by atoms with E-state index in [0.29, 0.717) is 17.1 Å². The zero-order chi connectivity index (χ0) is 13.1. The van der Waals surface area contributed by atoms with Crippen LogP contribution in [0.5, 0.6) is 0 Å².